The highest BCUT2D eigenvalue weighted by atomic mass is 14.9. The third kappa shape index (κ3) is 4.47. The molecule has 0 aliphatic rings. The summed E-state index contributed by atoms with van der Waals surface area (Å²) in [5.74, 6) is 0.719. The lowest BCUT2D eigenvalue weighted by Gasteiger charge is -2.15. The summed E-state index contributed by atoms with van der Waals surface area (Å²) in [7, 11) is 0. The Morgan fingerprint density at radius 1 is 0.432 bits per heavy atom. The lowest BCUT2D eigenvalue weighted by Crippen LogP contribution is -1.96. The van der Waals surface area contributed by atoms with E-state index in [-0.39, 0.29) is 0 Å². The predicted octanol–water partition coefficient (Wildman–Crippen LogP) is 10.5. The van der Waals surface area contributed by atoms with E-state index in [9.17, 15) is 0 Å². The van der Waals surface area contributed by atoms with Crippen molar-refractivity contribution in [3.8, 4) is 51.0 Å². The van der Waals surface area contributed by atoms with Crippen LogP contribution in [0.1, 0.15) is 5.56 Å². The third-order valence-electron chi connectivity index (χ3n) is 8.33. The van der Waals surface area contributed by atoms with Crippen LogP contribution >= 0.6 is 0 Å². The van der Waals surface area contributed by atoms with Crippen LogP contribution < -0.4 is 0 Å². The second kappa shape index (κ2) is 10.6. The molecule has 0 saturated carbocycles. The molecule has 0 saturated heterocycles. The molecular formula is C41H25N3. The molecule has 0 fully saturated rings. The maximum atomic E-state index is 9.14. The fourth-order valence-electron chi connectivity index (χ4n) is 6.08. The second-order valence-electron chi connectivity index (χ2n) is 10.9. The third-order valence-corrected chi connectivity index (χ3v) is 8.33. The molecule has 8 aromatic rings. The van der Waals surface area contributed by atoms with Crippen molar-refractivity contribution in [3.63, 3.8) is 0 Å². The minimum Gasteiger partial charge on any atom is -0.228 e. The van der Waals surface area contributed by atoms with E-state index in [0.717, 1.165) is 55.6 Å². The highest BCUT2D eigenvalue weighted by Gasteiger charge is 2.16. The fraction of sp³-hybridized carbons (Fsp3) is 0. The first kappa shape index (κ1) is 25.6. The number of hydrogen-bond donors (Lipinski definition) is 0. The van der Waals surface area contributed by atoms with Crippen LogP contribution in [-0.2, 0) is 0 Å². The number of fused-ring (bicyclic) bond motifs is 3. The van der Waals surface area contributed by atoms with E-state index in [1.54, 1.807) is 0 Å². The van der Waals surface area contributed by atoms with Gasteiger partial charge < -0.3 is 0 Å². The number of aromatic nitrogens is 2. The van der Waals surface area contributed by atoms with Crippen molar-refractivity contribution in [2.75, 3.05) is 0 Å². The van der Waals surface area contributed by atoms with Gasteiger partial charge in [0.25, 0.3) is 0 Å². The monoisotopic (exact) mass is 559 g/mol. The van der Waals surface area contributed by atoms with E-state index in [0.29, 0.717) is 5.56 Å². The van der Waals surface area contributed by atoms with E-state index in [1.165, 1.54) is 21.7 Å². The highest BCUT2D eigenvalue weighted by molar-refractivity contribution is 6.08. The van der Waals surface area contributed by atoms with Crippen LogP contribution in [0.25, 0.3) is 77.3 Å². The first-order valence-electron chi connectivity index (χ1n) is 14.6. The first-order valence-corrected chi connectivity index (χ1v) is 14.6. The summed E-state index contributed by atoms with van der Waals surface area (Å²) in [6.45, 7) is 0. The summed E-state index contributed by atoms with van der Waals surface area (Å²) in [6, 6.07) is 54.6. The van der Waals surface area contributed by atoms with Gasteiger partial charge in [0.05, 0.1) is 22.8 Å². The minimum atomic E-state index is 0.665. The van der Waals surface area contributed by atoms with Crippen LogP contribution in [0.2, 0.25) is 0 Å². The van der Waals surface area contributed by atoms with Crippen molar-refractivity contribution in [2.45, 2.75) is 0 Å². The molecule has 1 heterocycles. The molecule has 0 aliphatic heterocycles. The normalized spacial score (nSPS) is 11.2. The van der Waals surface area contributed by atoms with E-state index >= 15 is 0 Å². The topological polar surface area (TPSA) is 49.6 Å². The molecule has 7 aromatic carbocycles. The molecule has 8 rings (SSSR count). The maximum Gasteiger partial charge on any atom is 0.160 e. The summed E-state index contributed by atoms with van der Waals surface area (Å²) in [4.78, 5) is 10.2. The van der Waals surface area contributed by atoms with Crippen LogP contribution in [0, 0.1) is 11.3 Å². The van der Waals surface area contributed by atoms with Gasteiger partial charge in [-0.3, -0.25) is 0 Å². The average molecular weight is 560 g/mol. The van der Waals surface area contributed by atoms with Crippen LogP contribution in [0.5, 0.6) is 0 Å². The van der Waals surface area contributed by atoms with Gasteiger partial charge in [-0.05, 0) is 68.1 Å². The Balaban J connectivity index is 1.26. The second-order valence-corrected chi connectivity index (χ2v) is 10.9. The van der Waals surface area contributed by atoms with Crippen LogP contribution in [0.3, 0.4) is 0 Å². The van der Waals surface area contributed by atoms with E-state index < -0.39 is 0 Å². The van der Waals surface area contributed by atoms with Crippen LogP contribution in [-0.4, -0.2) is 9.97 Å². The molecule has 44 heavy (non-hydrogen) atoms. The molecule has 0 radical (unpaired) electrons. The Bertz CT molecular complexity index is 2380. The summed E-state index contributed by atoms with van der Waals surface area (Å²) >= 11 is 0. The van der Waals surface area contributed by atoms with Crippen molar-refractivity contribution in [1.82, 2.24) is 9.97 Å². The van der Waals surface area contributed by atoms with Gasteiger partial charge in [-0.15, -0.1) is 0 Å². The van der Waals surface area contributed by atoms with Crippen molar-refractivity contribution in [2.24, 2.45) is 0 Å². The average Bonchev–Trinajstić information content (AvgIpc) is 3.10. The van der Waals surface area contributed by atoms with Crippen LogP contribution in [0.4, 0.5) is 0 Å². The van der Waals surface area contributed by atoms with E-state index in [4.69, 9.17) is 15.2 Å². The smallest absolute Gasteiger partial charge is 0.160 e. The van der Waals surface area contributed by atoms with Gasteiger partial charge in [0, 0.05) is 16.5 Å². The molecule has 3 heteroatoms. The summed E-state index contributed by atoms with van der Waals surface area (Å²) < 4.78 is 0. The zero-order valence-corrected chi connectivity index (χ0v) is 23.8. The maximum absolute atomic E-state index is 9.14. The number of para-hydroxylation sites is 1. The van der Waals surface area contributed by atoms with Crippen molar-refractivity contribution in [3.05, 3.63) is 157 Å². The Morgan fingerprint density at radius 3 is 1.75 bits per heavy atom. The van der Waals surface area contributed by atoms with Gasteiger partial charge in [-0.2, -0.15) is 5.26 Å². The standard InChI is InChI=1S/C41H25N3/c42-26-27-13-15-29(16-14-27)30-17-20-31(21-18-30)34-23-24-37(36-10-4-3-9-35(34)36)40-38-11-5-6-12-39(38)43-41(44-40)33-22-19-28-7-1-2-8-32(28)25-33/h1-25H. The number of benzene rings is 7. The van der Waals surface area contributed by atoms with Crippen molar-refractivity contribution < 1.29 is 0 Å². The summed E-state index contributed by atoms with van der Waals surface area (Å²) in [6.07, 6.45) is 0. The van der Waals surface area contributed by atoms with Crippen molar-refractivity contribution >= 4 is 32.4 Å². The van der Waals surface area contributed by atoms with Gasteiger partial charge >= 0.3 is 0 Å². The van der Waals surface area contributed by atoms with Gasteiger partial charge in [0.1, 0.15) is 0 Å². The Kier molecular flexibility index (Phi) is 6.18. The molecule has 0 atom stereocenters. The molecule has 0 spiro atoms. The summed E-state index contributed by atoms with van der Waals surface area (Å²) in [5.41, 5.74) is 9.13. The first-order chi connectivity index (χ1) is 21.7. The van der Waals surface area contributed by atoms with Crippen molar-refractivity contribution in [1.29, 1.82) is 5.26 Å². The minimum absolute atomic E-state index is 0.665. The Hall–Kier alpha value is -6.11. The lowest BCUT2D eigenvalue weighted by molar-refractivity contribution is 1.23. The summed E-state index contributed by atoms with van der Waals surface area (Å²) in [5, 5.41) is 14.9. The largest absolute Gasteiger partial charge is 0.228 e. The van der Waals surface area contributed by atoms with E-state index in [1.807, 2.05) is 30.3 Å². The molecular weight excluding hydrogens is 534 g/mol. The SMILES string of the molecule is N#Cc1ccc(-c2ccc(-c3ccc(-c4nc(-c5ccc6ccccc6c5)nc5ccccc45)c4ccccc34)cc2)cc1. The molecule has 204 valence electrons. The molecule has 0 aliphatic carbocycles. The molecule has 0 bridgehead atoms. The van der Waals surface area contributed by atoms with Crippen LogP contribution in [0.15, 0.2) is 152 Å². The molecule has 0 amide bonds. The lowest BCUT2D eigenvalue weighted by atomic mass is 9.92. The molecule has 1 aromatic heterocycles. The molecule has 0 unspecified atom stereocenters. The quantitative estimate of drug-likeness (QED) is 0.215. The number of hydrogen-bond acceptors (Lipinski definition) is 3. The molecule has 0 N–H and O–H groups in total. The zero-order chi connectivity index (χ0) is 29.5. The number of rotatable bonds is 4. The fourth-order valence-corrected chi connectivity index (χ4v) is 6.08. The van der Waals surface area contributed by atoms with Gasteiger partial charge in [0.15, 0.2) is 5.82 Å². The van der Waals surface area contributed by atoms with Gasteiger partial charge in [-0.25, -0.2) is 9.97 Å². The number of nitriles is 1. The van der Waals surface area contributed by atoms with E-state index in [2.05, 4.69) is 127 Å². The van der Waals surface area contributed by atoms with Gasteiger partial charge in [-0.1, -0.05) is 127 Å². The Labute approximate surface area is 255 Å². The van der Waals surface area contributed by atoms with Gasteiger partial charge in [0.2, 0.25) is 0 Å². The zero-order valence-electron chi connectivity index (χ0n) is 23.8. The molecule has 3 nitrogen and oxygen atoms in total. The number of nitrogens with zero attached hydrogens (tertiary/aromatic N) is 3. The predicted molar refractivity (Wildman–Crippen MR) is 181 cm³/mol. The Morgan fingerprint density at radius 2 is 1.00 bits per heavy atom. The highest BCUT2D eigenvalue weighted by Crippen LogP contribution is 2.38.